The van der Waals surface area contributed by atoms with Crippen molar-refractivity contribution in [3.8, 4) is 5.75 Å². The number of carbonyl (C=O) groups is 1. The number of anilines is 1. The van der Waals surface area contributed by atoms with Gasteiger partial charge in [0.15, 0.2) is 0 Å². The Morgan fingerprint density at radius 3 is 2.36 bits per heavy atom. The van der Waals surface area contributed by atoms with Crippen LogP contribution >= 0.6 is 0 Å². The highest BCUT2D eigenvalue weighted by Crippen LogP contribution is 2.39. The first-order valence-electron chi connectivity index (χ1n) is 10.4. The van der Waals surface area contributed by atoms with Gasteiger partial charge in [0.25, 0.3) is 0 Å². The van der Waals surface area contributed by atoms with Gasteiger partial charge < -0.3 is 14.7 Å². The lowest BCUT2D eigenvalue weighted by molar-refractivity contribution is -0.136. The third kappa shape index (κ3) is 5.18. The van der Waals surface area contributed by atoms with Gasteiger partial charge in [-0.05, 0) is 72.1 Å². The molecule has 4 heteroatoms. The Labute approximate surface area is 168 Å². The molecule has 0 radical (unpaired) electrons. The van der Waals surface area contributed by atoms with E-state index in [4.69, 9.17) is 9.84 Å². The highest BCUT2D eigenvalue weighted by molar-refractivity contribution is 5.87. The number of carboxylic acids is 1. The zero-order valence-electron chi connectivity index (χ0n) is 17.6. The largest absolute Gasteiger partial charge is 0.490 e. The van der Waals surface area contributed by atoms with Crippen molar-refractivity contribution >= 4 is 22.4 Å². The monoisotopic (exact) mass is 383 g/mol. The third-order valence-electron chi connectivity index (χ3n) is 6.10. The Kier molecular flexibility index (Phi) is 6.17. The fourth-order valence-electron chi connectivity index (χ4n) is 4.15. The summed E-state index contributed by atoms with van der Waals surface area (Å²) in [5.74, 6) is 0.963. The van der Waals surface area contributed by atoms with Crippen molar-refractivity contribution in [2.75, 3.05) is 18.5 Å². The second kappa shape index (κ2) is 8.42. The standard InChI is InChI=1S/C24H33NO3/c1-24(2,3)19-7-11-21(12-8-19)28-22-10-6-17-15-20(9-5-18(17)16-22)25(4)14-13-23(26)27/h5-6,9-10,15-16,19,21H,7-8,11-14H2,1-4H3,(H,26,27). The molecule has 0 bridgehead atoms. The summed E-state index contributed by atoms with van der Waals surface area (Å²) in [5.41, 5.74) is 1.42. The number of fused-ring (bicyclic) bond motifs is 1. The summed E-state index contributed by atoms with van der Waals surface area (Å²) in [7, 11) is 1.93. The molecule has 1 saturated carbocycles. The first-order chi connectivity index (χ1) is 13.2. The van der Waals surface area contributed by atoms with Gasteiger partial charge in [-0.2, -0.15) is 0 Å². The van der Waals surface area contributed by atoms with E-state index in [2.05, 4.69) is 51.1 Å². The molecule has 0 amide bonds. The summed E-state index contributed by atoms with van der Waals surface area (Å²) in [5, 5.41) is 11.2. The van der Waals surface area contributed by atoms with Crippen LogP contribution in [0.25, 0.3) is 10.8 Å². The first-order valence-corrected chi connectivity index (χ1v) is 10.4. The fraction of sp³-hybridized carbons (Fsp3) is 0.542. The number of ether oxygens (including phenoxy) is 1. The lowest BCUT2D eigenvalue weighted by Crippen LogP contribution is -2.30. The van der Waals surface area contributed by atoms with E-state index in [0.29, 0.717) is 18.1 Å². The van der Waals surface area contributed by atoms with Crippen LogP contribution in [-0.4, -0.2) is 30.8 Å². The molecule has 3 rings (SSSR count). The Hall–Kier alpha value is -2.23. The first kappa shape index (κ1) is 20.5. The van der Waals surface area contributed by atoms with E-state index in [9.17, 15) is 4.79 Å². The molecule has 0 heterocycles. The van der Waals surface area contributed by atoms with Crippen molar-refractivity contribution in [1.29, 1.82) is 0 Å². The maximum absolute atomic E-state index is 10.8. The minimum Gasteiger partial charge on any atom is -0.490 e. The summed E-state index contributed by atoms with van der Waals surface area (Å²) in [6.45, 7) is 7.53. The highest BCUT2D eigenvalue weighted by Gasteiger charge is 2.30. The Morgan fingerprint density at radius 1 is 1.07 bits per heavy atom. The third-order valence-corrected chi connectivity index (χ3v) is 6.10. The maximum Gasteiger partial charge on any atom is 0.305 e. The van der Waals surface area contributed by atoms with Crippen LogP contribution in [-0.2, 0) is 4.79 Å². The van der Waals surface area contributed by atoms with Crippen LogP contribution in [0.3, 0.4) is 0 Å². The molecule has 0 aromatic heterocycles. The van der Waals surface area contributed by atoms with Crippen LogP contribution in [0, 0.1) is 11.3 Å². The highest BCUT2D eigenvalue weighted by atomic mass is 16.5. The average Bonchev–Trinajstić information content (AvgIpc) is 2.65. The predicted molar refractivity (Wildman–Crippen MR) is 115 cm³/mol. The van der Waals surface area contributed by atoms with Crippen molar-refractivity contribution in [3.05, 3.63) is 36.4 Å². The van der Waals surface area contributed by atoms with Crippen molar-refractivity contribution in [1.82, 2.24) is 0 Å². The van der Waals surface area contributed by atoms with Crippen LogP contribution < -0.4 is 9.64 Å². The zero-order chi connectivity index (χ0) is 20.3. The maximum atomic E-state index is 10.8. The van der Waals surface area contributed by atoms with E-state index in [1.165, 1.54) is 12.8 Å². The van der Waals surface area contributed by atoms with Gasteiger partial charge in [0, 0.05) is 19.3 Å². The average molecular weight is 384 g/mol. The quantitative estimate of drug-likeness (QED) is 0.691. The van der Waals surface area contributed by atoms with E-state index in [0.717, 1.165) is 41.0 Å². The normalized spacial score (nSPS) is 20.1. The van der Waals surface area contributed by atoms with Gasteiger partial charge in [-0.3, -0.25) is 4.79 Å². The smallest absolute Gasteiger partial charge is 0.305 e. The Morgan fingerprint density at radius 2 is 1.71 bits per heavy atom. The molecule has 152 valence electrons. The van der Waals surface area contributed by atoms with Crippen LogP contribution in [0.5, 0.6) is 5.75 Å². The van der Waals surface area contributed by atoms with Crippen LogP contribution in [0.15, 0.2) is 36.4 Å². The van der Waals surface area contributed by atoms with E-state index < -0.39 is 5.97 Å². The summed E-state index contributed by atoms with van der Waals surface area (Å²) in [6, 6.07) is 12.5. The van der Waals surface area contributed by atoms with Gasteiger partial charge in [0.1, 0.15) is 5.75 Å². The van der Waals surface area contributed by atoms with Gasteiger partial charge in [-0.1, -0.05) is 32.9 Å². The van der Waals surface area contributed by atoms with Crippen molar-refractivity contribution in [2.45, 2.75) is 59.0 Å². The zero-order valence-corrected chi connectivity index (χ0v) is 17.6. The minimum atomic E-state index is -0.772. The van der Waals surface area contributed by atoms with Gasteiger partial charge >= 0.3 is 5.97 Å². The minimum absolute atomic E-state index is 0.138. The SMILES string of the molecule is CN(CCC(=O)O)c1ccc2cc(OC3CCC(C(C)(C)C)CC3)ccc2c1. The summed E-state index contributed by atoms with van der Waals surface area (Å²) >= 11 is 0. The topological polar surface area (TPSA) is 49.8 Å². The molecule has 0 aliphatic heterocycles. The summed E-state index contributed by atoms with van der Waals surface area (Å²) < 4.78 is 6.29. The summed E-state index contributed by atoms with van der Waals surface area (Å²) in [4.78, 5) is 12.8. The number of aliphatic carboxylic acids is 1. The molecular weight excluding hydrogens is 350 g/mol. The molecule has 2 aromatic rings. The van der Waals surface area contributed by atoms with E-state index in [1.54, 1.807) is 0 Å². The molecule has 28 heavy (non-hydrogen) atoms. The number of nitrogens with zero attached hydrogens (tertiary/aromatic N) is 1. The van der Waals surface area contributed by atoms with Crippen molar-refractivity contribution in [3.63, 3.8) is 0 Å². The van der Waals surface area contributed by atoms with E-state index in [1.807, 2.05) is 18.0 Å². The number of hydrogen-bond acceptors (Lipinski definition) is 3. The molecule has 2 aromatic carbocycles. The molecule has 0 unspecified atom stereocenters. The molecular formula is C24H33NO3. The molecule has 0 spiro atoms. The van der Waals surface area contributed by atoms with E-state index in [-0.39, 0.29) is 6.42 Å². The number of hydrogen-bond donors (Lipinski definition) is 1. The molecule has 1 N–H and O–H groups in total. The molecule has 0 atom stereocenters. The fourth-order valence-corrected chi connectivity index (χ4v) is 4.15. The second-order valence-electron chi connectivity index (χ2n) is 9.22. The number of carboxylic acid groups (broad SMARTS) is 1. The molecule has 1 aliphatic carbocycles. The summed E-state index contributed by atoms with van der Waals surface area (Å²) in [6.07, 6.45) is 5.21. The molecule has 1 aliphatic rings. The lowest BCUT2D eigenvalue weighted by atomic mass is 9.72. The number of rotatable bonds is 6. The molecule has 0 saturated heterocycles. The van der Waals surface area contributed by atoms with Gasteiger partial charge in [-0.15, -0.1) is 0 Å². The van der Waals surface area contributed by atoms with Crippen LogP contribution in [0.2, 0.25) is 0 Å². The molecule has 1 fully saturated rings. The van der Waals surface area contributed by atoms with Gasteiger partial charge in [0.05, 0.1) is 12.5 Å². The second-order valence-corrected chi connectivity index (χ2v) is 9.22. The van der Waals surface area contributed by atoms with Gasteiger partial charge in [0.2, 0.25) is 0 Å². The predicted octanol–water partition coefficient (Wildman–Crippen LogP) is 5.73. The molecule has 4 nitrogen and oxygen atoms in total. The Balaban J connectivity index is 1.63. The van der Waals surface area contributed by atoms with E-state index >= 15 is 0 Å². The van der Waals surface area contributed by atoms with Crippen LogP contribution in [0.1, 0.15) is 52.9 Å². The number of benzene rings is 2. The van der Waals surface area contributed by atoms with Crippen molar-refractivity contribution < 1.29 is 14.6 Å². The van der Waals surface area contributed by atoms with Crippen molar-refractivity contribution in [2.24, 2.45) is 11.3 Å². The van der Waals surface area contributed by atoms with Gasteiger partial charge in [-0.25, -0.2) is 0 Å². The van der Waals surface area contributed by atoms with Crippen LogP contribution in [0.4, 0.5) is 5.69 Å². The lowest BCUT2D eigenvalue weighted by Gasteiger charge is -2.37. The Bertz CT molecular complexity index is 816.